The molecular weight excluding hydrogens is 178 g/mol. The molecule has 1 unspecified atom stereocenters. The summed E-state index contributed by atoms with van der Waals surface area (Å²) in [4.78, 5) is 3.94. The topological polar surface area (TPSA) is 68.9 Å². The Hall–Kier alpha value is -1.44. The second-order valence-corrected chi connectivity index (χ2v) is 3.50. The molecule has 1 saturated heterocycles. The van der Waals surface area contributed by atoms with Gasteiger partial charge in [0.05, 0.1) is 0 Å². The van der Waals surface area contributed by atoms with Crippen LogP contribution in [-0.2, 0) is 5.60 Å². The van der Waals surface area contributed by atoms with E-state index in [1.165, 1.54) is 0 Å². The van der Waals surface area contributed by atoms with Gasteiger partial charge in [0.25, 0.3) is 0 Å². The lowest BCUT2D eigenvalue weighted by molar-refractivity contribution is 0.0584. The minimum absolute atomic E-state index is 0.378. The Kier molecular flexibility index (Phi) is 2.20. The van der Waals surface area contributed by atoms with Crippen molar-refractivity contribution in [1.29, 1.82) is 5.26 Å². The molecule has 1 aliphatic rings. The number of pyridine rings is 1. The van der Waals surface area contributed by atoms with Gasteiger partial charge in [0.1, 0.15) is 17.4 Å². The fourth-order valence-corrected chi connectivity index (χ4v) is 1.66. The third kappa shape index (κ3) is 1.48. The molecule has 72 valence electrons. The SMILES string of the molecule is N#Cc1ccc(C2(O)CCNC2)cn1. The summed E-state index contributed by atoms with van der Waals surface area (Å²) in [6.45, 7) is 1.37. The molecule has 1 aliphatic heterocycles. The van der Waals surface area contributed by atoms with Gasteiger partial charge in [-0.1, -0.05) is 6.07 Å². The molecular formula is C10H11N3O. The Morgan fingerprint density at radius 1 is 1.57 bits per heavy atom. The van der Waals surface area contributed by atoms with Crippen LogP contribution in [0, 0.1) is 11.3 Å². The van der Waals surface area contributed by atoms with Crippen molar-refractivity contribution in [3.05, 3.63) is 29.6 Å². The van der Waals surface area contributed by atoms with Gasteiger partial charge in [0.2, 0.25) is 0 Å². The molecule has 1 atom stereocenters. The van der Waals surface area contributed by atoms with Gasteiger partial charge < -0.3 is 10.4 Å². The number of aliphatic hydroxyl groups is 1. The van der Waals surface area contributed by atoms with Gasteiger partial charge in [-0.15, -0.1) is 0 Å². The summed E-state index contributed by atoms with van der Waals surface area (Å²) in [6, 6.07) is 5.34. The minimum atomic E-state index is -0.805. The van der Waals surface area contributed by atoms with Crippen LogP contribution in [0.3, 0.4) is 0 Å². The predicted molar refractivity (Wildman–Crippen MR) is 50.3 cm³/mol. The molecule has 0 spiro atoms. The highest BCUT2D eigenvalue weighted by Gasteiger charge is 2.32. The number of aromatic nitrogens is 1. The number of hydrogen-bond acceptors (Lipinski definition) is 4. The van der Waals surface area contributed by atoms with Crippen molar-refractivity contribution in [3.8, 4) is 6.07 Å². The number of hydrogen-bond donors (Lipinski definition) is 2. The summed E-state index contributed by atoms with van der Waals surface area (Å²) < 4.78 is 0. The van der Waals surface area contributed by atoms with Gasteiger partial charge in [-0.05, 0) is 19.0 Å². The highest BCUT2D eigenvalue weighted by Crippen LogP contribution is 2.26. The van der Waals surface area contributed by atoms with E-state index >= 15 is 0 Å². The van der Waals surface area contributed by atoms with Crippen molar-refractivity contribution in [2.75, 3.05) is 13.1 Å². The van der Waals surface area contributed by atoms with Crippen molar-refractivity contribution in [2.24, 2.45) is 0 Å². The maximum absolute atomic E-state index is 10.1. The van der Waals surface area contributed by atoms with Crippen molar-refractivity contribution in [1.82, 2.24) is 10.3 Å². The molecule has 0 saturated carbocycles. The maximum atomic E-state index is 10.1. The molecule has 2 heterocycles. The molecule has 0 aromatic carbocycles. The Labute approximate surface area is 82.2 Å². The molecule has 4 nitrogen and oxygen atoms in total. The van der Waals surface area contributed by atoms with Gasteiger partial charge in [-0.25, -0.2) is 4.98 Å². The number of rotatable bonds is 1. The summed E-state index contributed by atoms with van der Waals surface area (Å²) in [6.07, 6.45) is 2.27. The number of nitrogens with one attached hydrogen (secondary N) is 1. The molecule has 2 N–H and O–H groups in total. The average Bonchev–Trinajstić information content (AvgIpc) is 2.67. The first-order valence-corrected chi connectivity index (χ1v) is 4.54. The van der Waals surface area contributed by atoms with Gasteiger partial charge in [-0.3, -0.25) is 0 Å². The van der Waals surface area contributed by atoms with Crippen molar-refractivity contribution >= 4 is 0 Å². The number of β-amino-alcohol motifs (C(OH)–C–C–N with tert-alkyl or cyclic N) is 1. The summed E-state index contributed by atoms with van der Waals surface area (Å²) in [5.41, 5.74) is 0.353. The Morgan fingerprint density at radius 2 is 2.43 bits per heavy atom. The van der Waals surface area contributed by atoms with Crippen molar-refractivity contribution < 1.29 is 5.11 Å². The zero-order valence-electron chi connectivity index (χ0n) is 7.70. The first kappa shape index (κ1) is 9.13. The summed E-state index contributed by atoms with van der Waals surface area (Å²) >= 11 is 0. The monoisotopic (exact) mass is 189 g/mol. The Morgan fingerprint density at radius 3 is 2.93 bits per heavy atom. The standard InChI is InChI=1S/C10H11N3O/c11-5-9-2-1-8(6-13-9)10(14)3-4-12-7-10/h1-2,6,12,14H,3-4,7H2. The lowest BCUT2D eigenvalue weighted by Crippen LogP contribution is -2.28. The summed E-state index contributed by atoms with van der Waals surface area (Å²) in [5, 5.41) is 21.8. The second kappa shape index (κ2) is 3.37. The van der Waals surface area contributed by atoms with E-state index in [0.717, 1.165) is 12.1 Å². The third-order valence-corrected chi connectivity index (χ3v) is 2.55. The molecule has 4 heteroatoms. The fourth-order valence-electron chi connectivity index (χ4n) is 1.66. The Bertz CT molecular complexity index is 360. The van der Waals surface area contributed by atoms with Crippen LogP contribution in [-0.4, -0.2) is 23.2 Å². The quantitative estimate of drug-likeness (QED) is 0.659. The van der Waals surface area contributed by atoms with E-state index in [1.807, 2.05) is 6.07 Å². The third-order valence-electron chi connectivity index (χ3n) is 2.55. The van der Waals surface area contributed by atoms with Gasteiger partial charge in [0.15, 0.2) is 0 Å². The summed E-state index contributed by atoms with van der Waals surface area (Å²) in [7, 11) is 0. The highest BCUT2D eigenvalue weighted by atomic mass is 16.3. The van der Waals surface area contributed by atoms with E-state index in [0.29, 0.717) is 18.7 Å². The molecule has 14 heavy (non-hydrogen) atoms. The molecule has 1 fully saturated rings. The smallest absolute Gasteiger partial charge is 0.140 e. The first-order chi connectivity index (χ1) is 6.74. The van der Waals surface area contributed by atoms with Crippen LogP contribution in [0.5, 0.6) is 0 Å². The highest BCUT2D eigenvalue weighted by molar-refractivity contribution is 5.27. The van der Waals surface area contributed by atoms with Crippen LogP contribution in [0.15, 0.2) is 18.3 Å². The second-order valence-electron chi connectivity index (χ2n) is 3.50. The van der Waals surface area contributed by atoms with Gasteiger partial charge in [-0.2, -0.15) is 5.26 Å². The van der Waals surface area contributed by atoms with E-state index in [2.05, 4.69) is 10.3 Å². The van der Waals surface area contributed by atoms with Gasteiger partial charge in [0, 0.05) is 18.3 Å². The Balaban J connectivity index is 2.29. The van der Waals surface area contributed by atoms with Crippen LogP contribution in [0.4, 0.5) is 0 Å². The summed E-state index contributed by atoms with van der Waals surface area (Å²) in [5.74, 6) is 0. The first-order valence-electron chi connectivity index (χ1n) is 4.54. The van der Waals surface area contributed by atoms with Crippen molar-refractivity contribution in [2.45, 2.75) is 12.0 Å². The largest absolute Gasteiger partial charge is 0.384 e. The van der Waals surface area contributed by atoms with Crippen LogP contribution >= 0.6 is 0 Å². The lowest BCUT2D eigenvalue weighted by Gasteiger charge is -2.20. The van der Waals surface area contributed by atoms with E-state index in [4.69, 9.17) is 5.26 Å². The van der Waals surface area contributed by atoms with E-state index in [-0.39, 0.29) is 0 Å². The predicted octanol–water partition coefficient (Wildman–Crippen LogP) is 0.134. The van der Waals surface area contributed by atoms with Crippen LogP contribution in [0.2, 0.25) is 0 Å². The van der Waals surface area contributed by atoms with Crippen LogP contribution < -0.4 is 5.32 Å². The molecule has 2 rings (SSSR count). The van der Waals surface area contributed by atoms with Gasteiger partial charge >= 0.3 is 0 Å². The molecule has 1 aromatic rings. The van der Waals surface area contributed by atoms with Crippen LogP contribution in [0.1, 0.15) is 17.7 Å². The van der Waals surface area contributed by atoms with E-state index in [9.17, 15) is 5.11 Å². The molecule has 1 aromatic heterocycles. The lowest BCUT2D eigenvalue weighted by atomic mass is 9.94. The zero-order chi connectivity index (χ0) is 10.0. The number of nitriles is 1. The average molecular weight is 189 g/mol. The molecule has 0 bridgehead atoms. The van der Waals surface area contributed by atoms with Crippen molar-refractivity contribution in [3.63, 3.8) is 0 Å². The zero-order valence-corrected chi connectivity index (χ0v) is 7.70. The van der Waals surface area contributed by atoms with E-state index < -0.39 is 5.60 Å². The minimum Gasteiger partial charge on any atom is -0.384 e. The molecule has 0 amide bonds. The van der Waals surface area contributed by atoms with Crippen LogP contribution in [0.25, 0.3) is 0 Å². The normalized spacial score (nSPS) is 26.0. The fraction of sp³-hybridized carbons (Fsp3) is 0.400. The molecule has 0 aliphatic carbocycles. The maximum Gasteiger partial charge on any atom is 0.140 e. The van der Waals surface area contributed by atoms with E-state index in [1.54, 1.807) is 18.3 Å². The number of nitrogens with zero attached hydrogens (tertiary/aromatic N) is 2. The molecule has 0 radical (unpaired) electrons.